The molecule has 1 aromatic carbocycles. The number of benzene rings is 1. The Morgan fingerprint density at radius 3 is 2.47 bits per heavy atom. The number of anilines is 1. The molecule has 2 aromatic heterocycles. The molecule has 2 heterocycles. The third kappa shape index (κ3) is 7.57. The first kappa shape index (κ1) is 26.8. The third-order valence-electron chi connectivity index (χ3n) is 5.68. The Labute approximate surface area is 202 Å². The van der Waals surface area contributed by atoms with Crippen LogP contribution in [0.5, 0.6) is 0 Å². The lowest BCUT2D eigenvalue weighted by atomic mass is 9.95. The highest BCUT2D eigenvalue weighted by Gasteiger charge is 2.14. The highest BCUT2D eigenvalue weighted by atomic mass is 16.1. The van der Waals surface area contributed by atoms with Gasteiger partial charge < -0.3 is 16.0 Å². The Bertz CT molecular complexity index is 1090. The van der Waals surface area contributed by atoms with Crippen LogP contribution in [-0.2, 0) is 4.79 Å². The van der Waals surface area contributed by atoms with Crippen LogP contribution < -0.4 is 11.1 Å². The maximum Gasteiger partial charge on any atom is 0.247 e. The van der Waals surface area contributed by atoms with Crippen molar-refractivity contribution in [3.63, 3.8) is 0 Å². The highest BCUT2D eigenvalue weighted by molar-refractivity contribution is 6.05. The van der Waals surface area contributed by atoms with Crippen molar-refractivity contribution in [2.45, 2.75) is 38.1 Å². The molecule has 0 unspecified atom stereocenters. The number of aldehydes is 1. The number of rotatable bonds is 5. The summed E-state index contributed by atoms with van der Waals surface area (Å²) in [6.07, 6.45) is 10.8. The molecule has 180 valence electrons. The molecule has 0 bridgehead atoms. The fourth-order valence-corrected chi connectivity index (χ4v) is 3.87. The molecule has 7 heteroatoms. The van der Waals surface area contributed by atoms with Crippen LogP contribution in [0.3, 0.4) is 0 Å². The van der Waals surface area contributed by atoms with Gasteiger partial charge in [0.1, 0.15) is 5.69 Å². The molecule has 0 aliphatic heterocycles. The number of nitrogens with one attached hydrogen (secondary N) is 1. The summed E-state index contributed by atoms with van der Waals surface area (Å²) >= 11 is 0. The van der Waals surface area contributed by atoms with Gasteiger partial charge in [-0.1, -0.05) is 38.0 Å². The van der Waals surface area contributed by atoms with Crippen LogP contribution in [-0.4, -0.2) is 54.2 Å². The van der Waals surface area contributed by atoms with Crippen LogP contribution in [0.2, 0.25) is 0 Å². The standard InChI is InChI=1S/C18H13N3O2.C8H17N.CH5N/c1-2-18(23)21-17-8-9-19-16-7-6-12(10-14(16)17)15-5-3-4-13(11-22)20-15;1-9(2)8-6-4-3-5-7-8;1-2/h2-11H,1H2,(H,19,21,23);8H,3-7H2,1-2H3;2H2,1H3. The quantitative estimate of drug-likeness (QED) is 0.422. The van der Waals surface area contributed by atoms with Crippen LogP contribution in [0.1, 0.15) is 42.6 Å². The topological polar surface area (TPSA) is 101 Å². The van der Waals surface area contributed by atoms with Crippen LogP contribution in [0.4, 0.5) is 5.69 Å². The van der Waals surface area contributed by atoms with E-state index in [1.807, 2.05) is 24.3 Å². The largest absolute Gasteiger partial charge is 0.333 e. The number of carbonyl (C=O) groups excluding carboxylic acids is 2. The van der Waals surface area contributed by atoms with E-state index < -0.39 is 0 Å². The second-order valence-electron chi connectivity index (χ2n) is 8.10. The molecule has 0 atom stereocenters. The summed E-state index contributed by atoms with van der Waals surface area (Å²) in [6, 6.07) is 13.5. The van der Waals surface area contributed by atoms with Gasteiger partial charge in [0.05, 0.1) is 16.9 Å². The van der Waals surface area contributed by atoms with Crippen molar-refractivity contribution in [2.24, 2.45) is 5.73 Å². The molecule has 1 fully saturated rings. The molecule has 0 spiro atoms. The molecular weight excluding hydrogens is 426 g/mol. The number of amides is 1. The smallest absolute Gasteiger partial charge is 0.247 e. The lowest BCUT2D eigenvalue weighted by Crippen LogP contribution is -2.29. The number of fused-ring (bicyclic) bond motifs is 1. The zero-order valence-corrected chi connectivity index (χ0v) is 20.3. The predicted molar refractivity (Wildman–Crippen MR) is 140 cm³/mol. The van der Waals surface area contributed by atoms with Crippen molar-refractivity contribution in [2.75, 3.05) is 26.5 Å². The molecule has 1 aliphatic rings. The average Bonchev–Trinajstić information content (AvgIpc) is 2.90. The van der Waals surface area contributed by atoms with Gasteiger partial charge in [-0.15, -0.1) is 0 Å². The van der Waals surface area contributed by atoms with Crippen molar-refractivity contribution in [1.29, 1.82) is 0 Å². The van der Waals surface area contributed by atoms with Crippen LogP contribution in [0, 0.1) is 0 Å². The number of nitrogens with zero attached hydrogens (tertiary/aromatic N) is 3. The van der Waals surface area contributed by atoms with Crippen LogP contribution in [0.25, 0.3) is 22.2 Å². The minimum Gasteiger partial charge on any atom is -0.333 e. The summed E-state index contributed by atoms with van der Waals surface area (Å²) in [4.78, 5) is 33.4. The van der Waals surface area contributed by atoms with E-state index >= 15 is 0 Å². The van der Waals surface area contributed by atoms with Gasteiger partial charge in [0.2, 0.25) is 5.91 Å². The van der Waals surface area contributed by atoms with Gasteiger partial charge in [-0.3, -0.25) is 14.6 Å². The average molecular weight is 462 g/mol. The van der Waals surface area contributed by atoms with E-state index in [1.54, 1.807) is 24.4 Å². The minimum atomic E-state index is -0.288. The van der Waals surface area contributed by atoms with E-state index in [4.69, 9.17) is 0 Å². The summed E-state index contributed by atoms with van der Waals surface area (Å²) in [7, 11) is 5.88. The Kier molecular flexibility index (Phi) is 11.0. The lowest BCUT2D eigenvalue weighted by Gasteiger charge is -2.27. The summed E-state index contributed by atoms with van der Waals surface area (Å²) < 4.78 is 0. The third-order valence-corrected chi connectivity index (χ3v) is 5.68. The predicted octanol–water partition coefficient (Wildman–Crippen LogP) is 4.69. The molecule has 3 N–H and O–H groups in total. The van der Waals surface area contributed by atoms with Crippen molar-refractivity contribution in [1.82, 2.24) is 14.9 Å². The summed E-state index contributed by atoms with van der Waals surface area (Å²) in [5.74, 6) is -0.288. The Balaban J connectivity index is 0.000000311. The van der Waals surface area contributed by atoms with Crippen molar-refractivity contribution in [3.05, 3.63) is 67.0 Å². The summed E-state index contributed by atoms with van der Waals surface area (Å²) in [6.45, 7) is 3.45. The van der Waals surface area contributed by atoms with Crippen molar-refractivity contribution < 1.29 is 9.59 Å². The van der Waals surface area contributed by atoms with E-state index in [1.165, 1.54) is 45.2 Å². The van der Waals surface area contributed by atoms with Gasteiger partial charge in [0.25, 0.3) is 0 Å². The SMILES string of the molecule is C=CC(=O)Nc1ccnc2ccc(-c3cccc(C=O)n3)cc12.CN.CN(C)C1CCCCC1. The number of pyridine rings is 2. The van der Waals surface area contributed by atoms with Gasteiger partial charge in [0.15, 0.2) is 6.29 Å². The number of hydrogen-bond acceptors (Lipinski definition) is 6. The van der Waals surface area contributed by atoms with Crippen LogP contribution >= 0.6 is 0 Å². The summed E-state index contributed by atoms with van der Waals surface area (Å²) in [5, 5.41) is 3.55. The first-order valence-corrected chi connectivity index (χ1v) is 11.5. The molecular formula is C27H35N5O2. The minimum absolute atomic E-state index is 0.288. The maximum atomic E-state index is 11.6. The molecule has 34 heavy (non-hydrogen) atoms. The van der Waals surface area contributed by atoms with Crippen molar-refractivity contribution in [3.8, 4) is 11.3 Å². The van der Waals surface area contributed by atoms with Crippen molar-refractivity contribution >= 4 is 28.8 Å². The first-order chi connectivity index (χ1) is 16.5. The van der Waals surface area contributed by atoms with E-state index in [2.05, 4.69) is 46.6 Å². The van der Waals surface area contributed by atoms with Gasteiger partial charge >= 0.3 is 0 Å². The van der Waals surface area contributed by atoms with Gasteiger partial charge in [0, 0.05) is 23.2 Å². The van der Waals surface area contributed by atoms with E-state index in [0.717, 1.165) is 22.5 Å². The second kappa shape index (κ2) is 14.0. The molecule has 3 aromatic rings. The normalized spacial score (nSPS) is 13.2. The highest BCUT2D eigenvalue weighted by Crippen LogP contribution is 2.27. The van der Waals surface area contributed by atoms with Crippen LogP contribution in [0.15, 0.2) is 61.3 Å². The summed E-state index contributed by atoms with van der Waals surface area (Å²) in [5.41, 5.74) is 7.79. The number of hydrogen-bond donors (Lipinski definition) is 2. The number of aromatic nitrogens is 2. The Morgan fingerprint density at radius 1 is 1.12 bits per heavy atom. The fourth-order valence-electron chi connectivity index (χ4n) is 3.87. The Morgan fingerprint density at radius 2 is 1.85 bits per heavy atom. The number of carbonyl (C=O) groups is 2. The second-order valence-corrected chi connectivity index (χ2v) is 8.10. The fraction of sp³-hybridized carbons (Fsp3) is 0.333. The van der Waals surface area contributed by atoms with Gasteiger partial charge in [-0.05, 0) is 70.4 Å². The molecule has 0 saturated heterocycles. The molecule has 1 amide bonds. The zero-order chi connectivity index (χ0) is 24.9. The lowest BCUT2D eigenvalue weighted by molar-refractivity contribution is -0.111. The molecule has 0 radical (unpaired) electrons. The molecule has 1 aliphatic carbocycles. The Hall–Kier alpha value is -3.42. The molecule has 7 nitrogen and oxygen atoms in total. The maximum absolute atomic E-state index is 11.6. The first-order valence-electron chi connectivity index (χ1n) is 11.5. The zero-order valence-electron chi connectivity index (χ0n) is 20.3. The molecule has 4 rings (SSSR count). The van der Waals surface area contributed by atoms with Gasteiger partial charge in [-0.2, -0.15) is 0 Å². The molecule has 1 saturated carbocycles. The van der Waals surface area contributed by atoms with E-state index in [0.29, 0.717) is 23.4 Å². The van der Waals surface area contributed by atoms with E-state index in [9.17, 15) is 9.59 Å². The van der Waals surface area contributed by atoms with E-state index in [-0.39, 0.29) is 5.91 Å². The van der Waals surface area contributed by atoms with Gasteiger partial charge in [-0.25, -0.2) is 4.98 Å². The number of nitrogens with two attached hydrogens (primary N) is 1. The monoisotopic (exact) mass is 461 g/mol.